The van der Waals surface area contributed by atoms with Crippen LogP contribution in [0.4, 0.5) is 9.18 Å². The van der Waals surface area contributed by atoms with Gasteiger partial charge in [-0.2, -0.15) is 0 Å². The molecule has 2 atom stereocenters. The lowest BCUT2D eigenvalue weighted by Gasteiger charge is -2.25. The first-order valence-electron chi connectivity index (χ1n) is 7.83. The highest BCUT2D eigenvalue weighted by Gasteiger charge is 2.32. The second-order valence-electron chi connectivity index (χ2n) is 7.08. The topological polar surface area (TPSA) is 55.6 Å². The average molecular weight is 343 g/mol. The molecule has 4 nitrogen and oxygen atoms in total. The zero-order valence-electron chi connectivity index (χ0n) is 13.8. The van der Waals surface area contributed by atoms with Crippen LogP contribution in [0.5, 0.6) is 0 Å². The van der Waals surface area contributed by atoms with E-state index in [1.54, 1.807) is 11.0 Å². The van der Waals surface area contributed by atoms with Crippen LogP contribution in [0, 0.1) is 11.7 Å². The molecule has 0 aromatic heterocycles. The van der Waals surface area contributed by atoms with E-state index in [-0.39, 0.29) is 23.9 Å². The van der Waals surface area contributed by atoms with Gasteiger partial charge in [0, 0.05) is 24.2 Å². The molecular formula is C17H24ClFN2O2. The molecule has 2 N–H and O–H groups in total. The van der Waals surface area contributed by atoms with E-state index in [9.17, 15) is 9.18 Å². The number of ether oxygens (including phenoxy) is 1. The highest BCUT2D eigenvalue weighted by molar-refractivity contribution is 6.31. The molecule has 1 amide bonds. The number of halogens is 2. The van der Waals surface area contributed by atoms with Crippen molar-refractivity contribution in [1.29, 1.82) is 0 Å². The molecule has 0 radical (unpaired) electrons. The molecule has 1 heterocycles. The Labute approximate surface area is 141 Å². The van der Waals surface area contributed by atoms with Gasteiger partial charge in [0.15, 0.2) is 0 Å². The Kier molecular flexibility index (Phi) is 5.53. The molecule has 0 bridgehead atoms. The number of hydrogen-bond acceptors (Lipinski definition) is 3. The summed E-state index contributed by atoms with van der Waals surface area (Å²) in [4.78, 5) is 13.8. The number of amides is 1. The Morgan fingerprint density at radius 2 is 2.22 bits per heavy atom. The first-order chi connectivity index (χ1) is 10.7. The first-order valence-corrected chi connectivity index (χ1v) is 8.21. The van der Waals surface area contributed by atoms with E-state index in [4.69, 9.17) is 22.1 Å². The molecule has 128 valence electrons. The third-order valence-electron chi connectivity index (χ3n) is 3.95. The molecule has 1 fully saturated rings. The van der Waals surface area contributed by atoms with Crippen molar-refractivity contribution < 1.29 is 13.9 Å². The van der Waals surface area contributed by atoms with Crippen molar-refractivity contribution in [2.75, 3.05) is 13.1 Å². The van der Waals surface area contributed by atoms with Crippen molar-refractivity contribution in [2.24, 2.45) is 11.7 Å². The van der Waals surface area contributed by atoms with Gasteiger partial charge in [-0.3, -0.25) is 0 Å². The molecule has 23 heavy (non-hydrogen) atoms. The highest BCUT2D eigenvalue weighted by Crippen LogP contribution is 2.25. The number of rotatable bonds is 3. The Balaban J connectivity index is 1.92. The maximum Gasteiger partial charge on any atom is 0.410 e. The second-order valence-corrected chi connectivity index (χ2v) is 7.49. The fraction of sp³-hybridized carbons (Fsp3) is 0.588. The molecule has 1 aliphatic heterocycles. The molecular weight excluding hydrogens is 319 g/mol. The summed E-state index contributed by atoms with van der Waals surface area (Å²) < 4.78 is 18.5. The van der Waals surface area contributed by atoms with Gasteiger partial charge < -0.3 is 15.4 Å². The van der Waals surface area contributed by atoms with Crippen molar-refractivity contribution in [1.82, 2.24) is 4.90 Å². The second kappa shape index (κ2) is 7.05. The lowest BCUT2D eigenvalue weighted by atomic mass is 9.93. The highest BCUT2D eigenvalue weighted by atomic mass is 35.5. The summed E-state index contributed by atoms with van der Waals surface area (Å²) in [5.41, 5.74) is 6.61. The lowest BCUT2D eigenvalue weighted by Crippen LogP contribution is -2.38. The lowest BCUT2D eigenvalue weighted by molar-refractivity contribution is 0.0286. The van der Waals surface area contributed by atoms with Crippen LogP contribution in [0.2, 0.25) is 5.02 Å². The molecule has 1 saturated heterocycles. The predicted molar refractivity (Wildman–Crippen MR) is 89.0 cm³/mol. The summed E-state index contributed by atoms with van der Waals surface area (Å²) in [6, 6.07) is 4.21. The SMILES string of the molecule is CC(C)(C)OC(=O)N1CCC(C(N)Cc2ccc(F)cc2Cl)C1. The van der Waals surface area contributed by atoms with E-state index in [2.05, 4.69) is 0 Å². The quantitative estimate of drug-likeness (QED) is 0.913. The number of carbonyl (C=O) groups excluding carboxylic acids is 1. The summed E-state index contributed by atoms with van der Waals surface area (Å²) in [6.07, 6.45) is 1.09. The van der Waals surface area contributed by atoms with Crippen LogP contribution >= 0.6 is 11.6 Å². The van der Waals surface area contributed by atoms with Gasteiger partial charge in [0.05, 0.1) is 0 Å². The van der Waals surface area contributed by atoms with Crippen molar-refractivity contribution in [3.05, 3.63) is 34.6 Å². The molecule has 0 saturated carbocycles. The van der Waals surface area contributed by atoms with Crippen LogP contribution in [0.25, 0.3) is 0 Å². The number of benzene rings is 1. The van der Waals surface area contributed by atoms with Crippen molar-refractivity contribution in [3.63, 3.8) is 0 Å². The van der Waals surface area contributed by atoms with E-state index in [1.807, 2.05) is 20.8 Å². The smallest absolute Gasteiger partial charge is 0.410 e. The molecule has 1 aromatic carbocycles. The predicted octanol–water partition coefficient (Wildman–Crippen LogP) is 3.61. The molecule has 6 heteroatoms. The van der Waals surface area contributed by atoms with Crippen LogP contribution in [0.15, 0.2) is 18.2 Å². The maximum absolute atomic E-state index is 13.1. The molecule has 1 aliphatic rings. The van der Waals surface area contributed by atoms with E-state index in [1.165, 1.54) is 12.1 Å². The zero-order chi connectivity index (χ0) is 17.2. The fourth-order valence-corrected chi connectivity index (χ4v) is 2.98. The third-order valence-corrected chi connectivity index (χ3v) is 4.30. The summed E-state index contributed by atoms with van der Waals surface area (Å²) in [5, 5.41) is 0.391. The van der Waals surface area contributed by atoms with Gasteiger partial charge in [0.1, 0.15) is 11.4 Å². The summed E-state index contributed by atoms with van der Waals surface area (Å²) in [6.45, 7) is 6.77. The Morgan fingerprint density at radius 3 is 2.83 bits per heavy atom. The minimum Gasteiger partial charge on any atom is -0.444 e. The number of likely N-dealkylation sites (tertiary alicyclic amines) is 1. The fourth-order valence-electron chi connectivity index (χ4n) is 2.74. The van der Waals surface area contributed by atoms with Crippen LogP contribution in [-0.2, 0) is 11.2 Å². The van der Waals surface area contributed by atoms with Gasteiger partial charge in [0.2, 0.25) is 0 Å². The zero-order valence-corrected chi connectivity index (χ0v) is 14.6. The molecule has 2 rings (SSSR count). The van der Waals surface area contributed by atoms with Gasteiger partial charge >= 0.3 is 6.09 Å². The first kappa shape index (κ1) is 18.0. The molecule has 0 spiro atoms. The standard InChI is InChI=1S/C17H24ClFN2O2/c1-17(2,3)23-16(22)21-7-6-12(10-21)15(20)8-11-4-5-13(19)9-14(11)18/h4-5,9,12,15H,6-8,10,20H2,1-3H3. The third kappa shape index (κ3) is 5.08. The average Bonchev–Trinajstić information content (AvgIpc) is 2.90. The number of nitrogens with two attached hydrogens (primary N) is 1. The number of carbonyl (C=O) groups is 1. The van der Waals surface area contributed by atoms with Crippen LogP contribution in [-0.4, -0.2) is 35.7 Å². The summed E-state index contributed by atoms with van der Waals surface area (Å²) in [7, 11) is 0. The minimum absolute atomic E-state index is 0.134. The van der Waals surface area contributed by atoms with Gasteiger partial charge in [-0.15, -0.1) is 0 Å². The maximum atomic E-state index is 13.1. The van der Waals surface area contributed by atoms with Crippen LogP contribution in [0.3, 0.4) is 0 Å². The molecule has 1 aromatic rings. The molecule has 2 unspecified atom stereocenters. The van der Waals surface area contributed by atoms with Gasteiger partial charge in [0.25, 0.3) is 0 Å². The van der Waals surface area contributed by atoms with Gasteiger partial charge in [-0.1, -0.05) is 17.7 Å². The number of nitrogens with zero attached hydrogens (tertiary/aromatic N) is 1. The van der Waals surface area contributed by atoms with E-state index in [0.717, 1.165) is 12.0 Å². The normalized spacial score (nSPS) is 19.7. The van der Waals surface area contributed by atoms with E-state index < -0.39 is 5.60 Å². The minimum atomic E-state index is -0.501. The Morgan fingerprint density at radius 1 is 1.52 bits per heavy atom. The van der Waals surface area contributed by atoms with Crippen LogP contribution < -0.4 is 5.73 Å². The Bertz CT molecular complexity index is 574. The van der Waals surface area contributed by atoms with Gasteiger partial charge in [-0.05, 0) is 57.2 Å². The van der Waals surface area contributed by atoms with Crippen molar-refractivity contribution >= 4 is 17.7 Å². The Hall–Kier alpha value is -1.33. The van der Waals surface area contributed by atoms with E-state index >= 15 is 0 Å². The summed E-state index contributed by atoms with van der Waals surface area (Å²) >= 11 is 6.05. The van der Waals surface area contributed by atoms with E-state index in [0.29, 0.717) is 24.5 Å². The van der Waals surface area contributed by atoms with Crippen LogP contribution in [0.1, 0.15) is 32.8 Å². The monoisotopic (exact) mass is 342 g/mol. The largest absolute Gasteiger partial charge is 0.444 e. The van der Waals surface area contributed by atoms with Gasteiger partial charge in [-0.25, -0.2) is 9.18 Å². The number of hydrogen-bond donors (Lipinski definition) is 1. The molecule has 0 aliphatic carbocycles. The van der Waals surface area contributed by atoms with Crippen molar-refractivity contribution in [2.45, 2.75) is 45.3 Å². The van der Waals surface area contributed by atoms with Crippen molar-refractivity contribution in [3.8, 4) is 0 Å². The summed E-state index contributed by atoms with van der Waals surface area (Å²) in [5.74, 6) is -0.173.